The first-order valence-corrected chi connectivity index (χ1v) is 8.93. The monoisotopic (exact) mass is 334 g/mol. The normalized spacial score (nSPS) is 18.3. The summed E-state index contributed by atoms with van der Waals surface area (Å²) in [6.07, 6.45) is 2.52. The summed E-state index contributed by atoms with van der Waals surface area (Å²) in [5.74, 6) is 1.11. The van der Waals surface area contributed by atoms with Crippen LogP contribution in [0.4, 0.5) is 5.95 Å². The molecule has 0 saturated carbocycles. The number of hydrogen-bond acceptors (Lipinski definition) is 5. The Morgan fingerprint density at radius 3 is 2.42 bits per heavy atom. The van der Waals surface area contributed by atoms with E-state index in [1.54, 1.807) is 0 Å². The minimum Gasteiger partial charge on any atom is -0.394 e. The third-order valence-electron chi connectivity index (χ3n) is 4.97. The molecular formula is C18H30N4O2. The number of nitrogens with zero attached hydrogens (tertiary/aromatic N) is 3. The maximum atomic E-state index is 12.5. The molecule has 134 valence electrons. The molecule has 2 rings (SSSR count). The van der Waals surface area contributed by atoms with Gasteiger partial charge in [0.05, 0.1) is 12.6 Å². The second-order valence-electron chi connectivity index (χ2n) is 6.90. The largest absolute Gasteiger partial charge is 0.394 e. The van der Waals surface area contributed by atoms with Gasteiger partial charge in [0, 0.05) is 30.4 Å². The van der Waals surface area contributed by atoms with Gasteiger partial charge in [0.2, 0.25) is 11.9 Å². The number of aliphatic hydroxyl groups excluding tert-OH is 1. The lowest BCUT2D eigenvalue weighted by Crippen LogP contribution is -2.47. The van der Waals surface area contributed by atoms with Gasteiger partial charge in [-0.1, -0.05) is 20.3 Å². The van der Waals surface area contributed by atoms with Gasteiger partial charge in [-0.2, -0.15) is 0 Å². The van der Waals surface area contributed by atoms with Crippen molar-refractivity contribution in [1.82, 2.24) is 15.3 Å². The van der Waals surface area contributed by atoms with Crippen molar-refractivity contribution in [3.05, 3.63) is 17.5 Å². The molecule has 1 aliphatic heterocycles. The van der Waals surface area contributed by atoms with E-state index in [0.717, 1.165) is 49.7 Å². The standard InChI is InChI=1S/C18H30N4O2/c1-5-12(2)16(11-23)21-17(24)15-6-8-22(9-7-15)18-19-13(3)10-14(4)20-18/h10,12,15-16,23H,5-9,11H2,1-4H3,(H,21,24)/t12-,16-/m1/s1. The fraction of sp³-hybridized carbons (Fsp3) is 0.722. The van der Waals surface area contributed by atoms with Gasteiger partial charge in [-0.3, -0.25) is 4.79 Å². The van der Waals surface area contributed by atoms with Crippen molar-refractivity contribution in [3.8, 4) is 0 Å². The molecular weight excluding hydrogens is 304 g/mol. The van der Waals surface area contributed by atoms with Gasteiger partial charge in [0.1, 0.15) is 0 Å². The van der Waals surface area contributed by atoms with Crippen LogP contribution in [0.3, 0.4) is 0 Å². The van der Waals surface area contributed by atoms with E-state index in [4.69, 9.17) is 0 Å². The van der Waals surface area contributed by atoms with Crippen molar-refractivity contribution in [2.24, 2.45) is 11.8 Å². The zero-order valence-electron chi connectivity index (χ0n) is 15.2. The number of carbonyl (C=O) groups excluding carboxylic acids is 1. The predicted octanol–water partition coefficient (Wildman–Crippen LogP) is 1.83. The highest BCUT2D eigenvalue weighted by Gasteiger charge is 2.28. The molecule has 1 fully saturated rings. The molecule has 0 aliphatic carbocycles. The minimum absolute atomic E-state index is 0.00397. The maximum Gasteiger partial charge on any atom is 0.225 e. The van der Waals surface area contributed by atoms with Crippen LogP contribution in [0.15, 0.2) is 6.07 Å². The molecule has 2 N–H and O–H groups in total. The molecule has 2 heterocycles. The fourth-order valence-corrected chi connectivity index (χ4v) is 3.14. The lowest BCUT2D eigenvalue weighted by Gasteiger charge is -2.33. The summed E-state index contributed by atoms with van der Waals surface area (Å²) < 4.78 is 0. The Morgan fingerprint density at radius 2 is 1.92 bits per heavy atom. The van der Waals surface area contributed by atoms with E-state index in [1.165, 1.54) is 0 Å². The molecule has 1 saturated heterocycles. The highest BCUT2D eigenvalue weighted by molar-refractivity contribution is 5.79. The van der Waals surface area contributed by atoms with Crippen LogP contribution in [0.5, 0.6) is 0 Å². The van der Waals surface area contributed by atoms with Gasteiger partial charge in [0.25, 0.3) is 0 Å². The Labute approximate surface area is 144 Å². The van der Waals surface area contributed by atoms with Crippen molar-refractivity contribution in [2.45, 2.75) is 53.0 Å². The fourth-order valence-electron chi connectivity index (χ4n) is 3.14. The highest BCUT2D eigenvalue weighted by Crippen LogP contribution is 2.22. The van der Waals surface area contributed by atoms with Gasteiger partial charge < -0.3 is 15.3 Å². The van der Waals surface area contributed by atoms with Crippen molar-refractivity contribution in [1.29, 1.82) is 0 Å². The SMILES string of the molecule is CC[C@@H](C)[C@@H](CO)NC(=O)C1CCN(c2nc(C)cc(C)n2)CC1. The summed E-state index contributed by atoms with van der Waals surface area (Å²) in [6, 6.07) is 1.82. The first kappa shape index (κ1) is 18.6. The molecule has 0 spiro atoms. The molecule has 1 aliphatic rings. The first-order chi connectivity index (χ1) is 11.4. The molecule has 1 amide bonds. The average Bonchev–Trinajstić information content (AvgIpc) is 2.58. The lowest BCUT2D eigenvalue weighted by molar-refractivity contribution is -0.127. The highest BCUT2D eigenvalue weighted by atomic mass is 16.3. The van der Waals surface area contributed by atoms with E-state index < -0.39 is 0 Å². The summed E-state index contributed by atoms with van der Waals surface area (Å²) in [5.41, 5.74) is 1.94. The third kappa shape index (κ3) is 4.66. The molecule has 1 aromatic rings. The van der Waals surface area contributed by atoms with E-state index in [1.807, 2.05) is 19.9 Å². The summed E-state index contributed by atoms with van der Waals surface area (Å²) >= 11 is 0. The van der Waals surface area contributed by atoms with E-state index in [-0.39, 0.29) is 30.4 Å². The number of piperidine rings is 1. The van der Waals surface area contributed by atoms with E-state index >= 15 is 0 Å². The van der Waals surface area contributed by atoms with Crippen LogP contribution in [-0.2, 0) is 4.79 Å². The molecule has 0 radical (unpaired) electrons. The van der Waals surface area contributed by atoms with Crippen molar-refractivity contribution in [2.75, 3.05) is 24.6 Å². The Kier molecular flexibility index (Phi) is 6.54. The third-order valence-corrected chi connectivity index (χ3v) is 4.97. The van der Waals surface area contributed by atoms with Crippen LogP contribution in [0.2, 0.25) is 0 Å². The van der Waals surface area contributed by atoms with Crippen LogP contribution < -0.4 is 10.2 Å². The molecule has 1 aromatic heterocycles. The maximum absolute atomic E-state index is 12.5. The number of carbonyl (C=O) groups is 1. The quantitative estimate of drug-likeness (QED) is 0.830. The first-order valence-electron chi connectivity index (χ1n) is 8.93. The smallest absolute Gasteiger partial charge is 0.225 e. The number of nitrogens with one attached hydrogen (secondary N) is 1. The van der Waals surface area contributed by atoms with Crippen LogP contribution in [-0.4, -0.2) is 46.7 Å². The molecule has 6 nitrogen and oxygen atoms in total. The van der Waals surface area contributed by atoms with E-state index in [2.05, 4.69) is 34.0 Å². The summed E-state index contributed by atoms with van der Waals surface area (Å²) in [7, 11) is 0. The second kappa shape index (κ2) is 8.42. The Hall–Kier alpha value is -1.69. The topological polar surface area (TPSA) is 78.4 Å². The van der Waals surface area contributed by atoms with Crippen molar-refractivity contribution >= 4 is 11.9 Å². The van der Waals surface area contributed by atoms with Crippen molar-refractivity contribution in [3.63, 3.8) is 0 Å². The lowest BCUT2D eigenvalue weighted by atomic mass is 9.94. The minimum atomic E-state index is -0.150. The zero-order valence-corrected chi connectivity index (χ0v) is 15.2. The predicted molar refractivity (Wildman–Crippen MR) is 94.9 cm³/mol. The summed E-state index contributed by atoms with van der Waals surface area (Å²) in [4.78, 5) is 23.6. The Bertz CT molecular complexity index is 536. The van der Waals surface area contributed by atoms with Gasteiger partial charge in [-0.05, 0) is 38.7 Å². The van der Waals surface area contributed by atoms with Crippen LogP contribution in [0, 0.1) is 25.7 Å². The second-order valence-corrected chi connectivity index (χ2v) is 6.90. The number of aromatic nitrogens is 2. The van der Waals surface area contributed by atoms with Crippen molar-refractivity contribution < 1.29 is 9.90 Å². The average molecular weight is 334 g/mol. The number of rotatable bonds is 6. The van der Waals surface area contributed by atoms with E-state index in [0.29, 0.717) is 0 Å². The van der Waals surface area contributed by atoms with Crippen LogP contribution in [0.25, 0.3) is 0 Å². The number of aryl methyl sites for hydroxylation is 2. The number of hydrogen-bond donors (Lipinski definition) is 2. The van der Waals surface area contributed by atoms with Gasteiger partial charge in [-0.15, -0.1) is 0 Å². The Morgan fingerprint density at radius 1 is 1.33 bits per heavy atom. The molecule has 0 bridgehead atoms. The number of anilines is 1. The zero-order chi connectivity index (χ0) is 17.7. The molecule has 2 atom stereocenters. The van der Waals surface area contributed by atoms with Gasteiger partial charge in [0.15, 0.2) is 0 Å². The number of aliphatic hydroxyl groups is 1. The molecule has 24 heavy (non-hydrogen) atoms. The Balaban J connectivity index is 1.91. The van der Waals surface area contributed by atoms with Gasteiger partial charge >= 0.3 is 0 Å². The van der Waals surface area contributed by atoms with Gasteiger partial charge in [-0.25, -0.2) is 9.97 Å². The van der Waals surface area contributed by atoms with Crippen LogP contribution in [0.1, 0.15) is 44.5 Å². The molecule has 6 heteroatoms. The number of amides is 1. The summed E-state index contributed by atoms with van der Waals surface area (Å²) in [5, 5.41) is 12.5. The van der Waals surface area contributed by atoms with Crippen LogP contribution >= 0.6 is 0 Å². The van der Waals surface area contributed by atoms with E-state index in [9.17, 15) is 9.90 Å². The summed E-state index contributed by atoms with van der Waals surface area (Å²) in [6.45, 7) is 9.64. The molecule has 0 unspecified atom stereocenters. The molecule has 0 aromatic carbocycles.